The van der Waals surface area contributed by atoms with Crippen LogP contribution in [0.2, 0.25) is 5.02 Å². The van der Waals surface area contributed by atoms with Crippen molar-refractivity contribution < 1.29 is 50.2 Å². The first-order chi connectivity index (χ1) is 29.0. The maximum Gasteiger partial charge on any atom is 0.434 e. The molecule has 2 saturated carbocycles. The standard InChI is InChI=1S/C40H47ClF3N7O8S2/c1-4-50(5-2)38(55)46-26-12-10-8-6-7-9-11-22-19-39(22,37(54)49-61(56,57)24-13-14-24)48-34(52)28-17-23(20-51(28)36(26)53)59-30-18-27(35-47-31(21-60-35)40(42,43)44)45-33-25(30)15-16-29(58-3)32(33)41/h9,11,15-16,18,21-24,26,28H,4-8,10,12-14,17,19-20H2,1-3H3,(H,46,55)(H,48,52)(H,49,54)/t22-,23-,26+,28+,39-/m1/s1. The van der Waals surface area contributed by atoms with Gasteiger partial charge in [-0.1, -0.05) is 36.6 Å². The monoisotopic (exact) mass is 909 g/mol. The fourth-order valence-corrected chi connectivity index (χ4v) is 10.3. The van der Waals surface area contributed by atoms with E-state index in [2.05, 4.69) is 25.3 Å². The van der Waals surface area contributed by atoms with Crippen LogP contribution in [0.4, 0.5) is 18.0 Å². The predicted octanol–water partition coefficient (Wildman–Crippen LogP) is 5.81. The van der Waals surface area contributed by atoms with Crippen molar-refractivity contribution in [3.8, 4) is 22.2 Å². The number of nitrogens with zero attached hydrogens (tertiary/aromatic N) is 4. The minimum atomic E-state index is -4.71. The highest BCUT2D eigenvalue weighted by molar-refractivity contribution is 7.91. The van der Waals surface area contributed by atoms with Crippen LogP contribution in [-0.4, -0.2) is 108 Å². The number of ether oxygens (including phenoxy) is 2. The summed E-state index contributed by atoms with van der Waals surface area (Å²) in [6, 6.07) is 1.84. The van der Waals surface area contributed by atoms with Crippen molar-refractivity contribution in [1.29, 1.82) is 0 Å². The molecule has 3 N–H and O–H groups in total. The highest BCUT2D eigenvalue weighted by Gasteiger charge is 2.62. The van der Waals surface area contributed by atoms with Gasteiger partial charge in [0, 0.05) is 42.3 Å². The highest BCUT2D eigenvalue weighted by Crippen LogP contribution is 2.46. The number of thiazole rings is 1. The van der Waals surface area contributed by atoms with Gasteiger partial charge in [0.2, 0.25) is 21.8 Å². The number of allylic oxidation sites excluding steroid dienone is 1. The molecular formula is C40H47ClF3N7O8S2. The van der Waals surface area contributed by atoms with Crippen LogP contribution in [0.3, 0.4) is 0 Å². The van der Waals surface area contributed by atoms with Crippen LogP contribution in [-0.2, 0) is 30.6 Å². The first-order valence-electron chi connectivity index (χ1n) is 20.3. The SMILES string of the molecule is CCN(CC)C(=O)N[C@H]1CCCCCC=C[C@@H]2C[C@@]2(C(=O)NS(=O)(=O)C2CC2)NC(=O)[C@@H]2C[C@@H](Oc3cc(-c4nc(C(F)(F)F)cs4)nc4c(Cl)c(OC)ccc34)CN2C1=O. The Labute approximate surface area is 359 Å². The van der Waals surface area contributed by atoms with Gasteiger partial charge in [-0.05, 0) is 64.5 Å². The van der Waals surface area contributed by atoms with E-state index in [1.165, 1.54) is 23.0 Å². The molecule has 7 rings (SSSR count). The van der Waals surface area contributed by atoms with Gasteiger partial charge in [-0.15, -0.1) is 11.3 Å². The Hall–Kier alpha value is -4.69. The number of fused-ring (bicyclic) bond motifs is 3. The van der Waals surface area contributed by atoms with Crippen molar-refractivity contribution >= 4 is 67.6 Å². The van der Waals surface area contributed by atoms with E-state index in [9.17, 15) is 40.8 Å². The van der Waals surface area contributed by atoms with Crippen LogP contribution in [0.15, 0.2) is 35.7 Å². The number of urea groups is 1. The molecule has 2 aliphatic carbocycles. The lowest BCUT2D eigenvalue weighted by atomic mass is 10.0. The molecule has 3 fully saturated rings. The number of carbonyl (C=O) groups excluding carboxylic acids is 4. The van der Waals surface area contributed by atoms with Crippen molar-refractivity contribution in [3.05, 3.63) is 46.4 Å². The third-order valence-corrected chi connectivity index (χ3v) is 14.6. The highest BCUT2D eigenvalue weighted by atomic mass is 35.5. The number of methoxy groups -OCH3 is 1. The average molecular weight is 910 g/mol. The van der Waals surface area contributed by atoms with Gasteiger partial charge in [-0.3, -0.25) is 19.1 Å². The van der Waals surface area contributed by atoms with Gasteiger partial charge in [0.25, 0.3) is 5.91 Å². The summed E-state index contributed by atoms with van der Waals surface area (Å²) in [5, 5.41) is 6.22. The van der Waals surface area contributed by atoms with Gasteiger partial charge in [-0.2, -0.15) is 13.2 Å². The van der Waals surface area contributed by atoms with Gasteiger partial charge in [0.05, 0.1) is 24.4 Å². The topological polar surface area (TPSA) is 189 Å². The Balaban J connectivity index is 1.25. The van der Waals surface area contributed by atoms with Crippen molar-refractivity contribution in [2.24, 2.45) is 5.92 Å². The number of benzene rings is 1. The van der Waals surface area contributed by atoms with E-state index in [-0.39, 0.29) is 58.5 Å². The van der Waals surface area contributed by atoms with Gasteiger partial charge in [-0.25, -0.2) is 23.2 Å². The number of sulfonamides is 1. The number of halogens is 4. The molecular weight excluding hydrogens is 863 g/mol. The van der Waals surface area contributed by atoms with E-state index in [1.807, 2.05) is 26.0 Å². The van der Waals surface area contributed by atoms with Crippen molar-refractivity contribution in [2.45, 2.75) is 107 Å². The van der Waals surface area contributed by atoms with Crippen molar-refractivity contribution in [3.63, 3.8) is 0 Å². The Morgan fingerprint density at radius 1 is 1.10 bits per heavy atom. The number of aromatic nitrogens is 2. The molecule has 330 valence electrons. The minimum absolute atomic E-state index is 0.0147. The quantitative estimate of drug-likeness (QED) is 0.210. The molecule has 4 aliphatic rings. The first-order valence-corrected chi connectivity index (χ1v) is 23.1. The lowest BCUT2D eigenvalue weighted by molar-refractivity contribution is -0.141. The number of amides is 5. The number of rotatable bonds is 10. The maximum absolute atomic E-state index is 14.7. The zero-order chi connectivity index (χ0) is 43.9. The molecule has 5 amide bonds. The second-order valence-electron chi connectivity index (χ2n) is 15.7. The number of alkyl halides is 3. The second-order valence-corrected chi connectivity index (χ2v) is 18.9. The molecule has 0 spiro atoms. The summed E-state index contributed by atoms with van der Waals surface area (Å²) >= 11 is 7.41. The van der Waals surface area contributed by atoms with Crippen LogP contribution < -0.4 is 24.8 Å². The molecule has 2 aliphatic heterocycles. The van der Waals surface area contributed by atoms with Gasteiger partial charge in [0.1, 0.15) is 50.9 Å². The smallest absolute Gasteiger partial charge is 0.434 e. The number of nitrogens with one attached hydrogen (secondary N) is 3. The van der Waals surface area contributed by atoms with E-state index < -0.39 is 80.5 Å². The molecule has 0 unspecified atom stereocenters. The summed E-state index contributed by atoms with van der Waals surface area (Å²) < 4.78 is 80.7. The normalized spacial score (nSPS) is 24.8. The van der Waals surface area contributed by atoms with Crippen LogP contribution in [0.25, 0.3) is 21.6 Å². The Kier molecular flexibility index (Phi) is 12.8. The summed E-state index contributed by atoms with van der Waals surface area (Å²) in [4.78, 5) is 67.6. The molecule has 3 aromatic rings. The molecule has 1 saturated heterocycles. The zero-order valence-electron chi connectivity index (χ0n) is 33.7. The molecule has 2 aromatic heterocycles. The number of hydrogen-bond donors (Lipinski definition) is 3. The summed E-state index contributed by atoms with van der Waals surface area (Å²) in [5.41, 5.74) is -2.55. The second kappa shape index (κ2) is 17.6. The summed E-state index contributed by atoms with van der Waals surface area (Å²) in [6.07, 6.45) is 1.89. The molecule has 61 heavy (non-hydrogen) atoms. The Morgan fingerprint density at radius 2 is 1.85 bits per heavy atom. The summed E-state index contributed by atoms with van der Waals surface area (Å²) in [5.74, 6) is -2.30. The lowest BCUT2D eigenvalue weighted by Crippen LogP contribution is -2.59. The van der Waals surface area contributed by atoms with E-state index in [0.717, 1.165) is 23.1 Å². The number of carbonyl (C=O) groups is 4. The van der Waals surface area contributed by atoms with Gasteiger partial charge < -0.3 is 29.9 Å². The van der Waals surface area contributed by atoms with E-state index in [0.29, 0.717) is 50.6 Å². The van der Waals surface area contributed by atoms with E-state index >= 15 is 0 Å². The zero-order valence-corrected chi connectivity index (χ0v) is 36.1. The minimum Gasteiger partial charge on any atom is -0.495 e. The Morgan fingerprint density at radius 3 is 2.52 bits per heavy atom. The largest absolute Gasteiger partial charge is 0.495 e. The van der Waals surface area contributed by atoms with Crippen LogP contribution in [0.5, 0.6) is 11.5 Å². The summed E-state index contributed by atoms with van der Waals surface area (Å²) in [6.45, 7) is 4.22. The molecule has 15 nitrogen and oxygen atoms in total. The fraction of sp³-hybridized carbons (Fsp3) is 0.550. The molecule has 4 heterocycles. The van der Waals surface area contributed by atoms with Gasteiger partial charge in [0.15, 0.2) is 5.69 Å². The molecule has 0 radical (unpaired) electrons. The lowest BCUT2D eigenvalue weighted by Gasteiger charge is -2.31. The van der Waals surface area contributed by atoms with E-state index in [1.54, 1.807) is 12.1 Å². The van der Waals surface area contributed by atoms with Crippen LogP contribution in [0.1, 0.15) is 77.3 Å². The molecule has 0 bridgehead atoms. The first kappa shape index (κ1) is 44.4. The van der Waals surface area contributed by atoms with Crippen LogP contribution in [0, 0.1) is 5.92 Å². The predicted molar refractivity (Wildman–Crippen MR) is 220 cm³/mol. The van der Waals surface area contributed by atoms with Crippen LogP contribution >= 0.6 is 22.9 Å². The van der Waals surface area contributed by atoms with Gasteiger partial charge >= 0.3 is 12.2 Å². The average Bonchev–Trinajstić information content (AvgIpc) is 4.09. The molecule has 21 heteroatoms. The third kappa shape index (κ3) is 9.40. The third-order valence-electron chi connectivity index (χ3n) is 11.6. The maximum atomic E-state index is 14.7. The number of pyridine rings is 1. The van der Waals surface area contributed by atoms with Crippen molar-refractivity contribution in [1.82, 2.24) is 35.1 Å². The van der Waals surface area contributed by atoms with Crippen molar-refractivity contribution in [2.75, 3.05) is 26.7 Å². The Bertz CT molecular complexity index is 2340. The molecule has 1 aromatic carbocycles. The summed E-state index contributed by atoms with van der Waals surface area (Å²) in [7, 11) is -2.58. The molecule has 5 atom stereocenters. The number of hydrogen-bond acceptors (Lipinski definition) is 11. The van der Waals surface area contributed by atoms with E-state index in [4.69, 9.17) is 21.1 Å². The fourth-order valence-electron chi connectivity index (χ4n) is 7.87.